The van der Waals surface area contributed by atoms with Crippen molar-refractivity contribution in [3.8, 4) is 0 Å². The molecule has 1 aliphatic rings. The lowest BCUT2D eigenvalue weighted by Gasteiger charge is -2.35. The van der Waals surface area contributed by atoms with Crippen LogP contribution >= 0.6 is 0 Å². The zero-order chi connectivity index (χ0) is 18.0. The SMILES string of the molecule is Cc1noc(C(C)C)c1NC(=O)N1CC(=O)NCC1c1ccccc1. The van der Waals surface area contributed by atoms with Gasteiger partial charge in [0.15, 0.2) is 5.76 Å². The predicted molar refractivity (Wildman–Crippen MR) is 93.2 cm³/mol. The maximum atomic E-state index is 12.9. The fourth-order valence-electron chi connectivity index (χ4n) is 2.94. The number of nitrogens with one attached hydrogen (secondary N) is 2. The summed E-state index contributed by atoms with van der Waals surface area (Å²) in [7, 11) is 0. The van der Waals surface area contributed by atoms with E-state index in [1.54, 1.807) is 11.8 Å². The normalized spacial score (nSPS) is 17.5. The Hall–Kier alpha value is -2.83. The molecule has 1 unspecified atom stereocenters. The Labute approximate surface area is 146 Å². The molecule has 0 bridgehead atoms. The number of nitrogens with zero attached hydrogens (tertiary/aromatic N) is 2. The molecule has 2 heterocycles. The van der Waals surface area contributed by atoms with E-state index in [-0.39, 0.29) is 30.4 Å². The molecule has 0 aliphatic carbocycles. The quantitative estimate of drug-likeness (QED) is 0.898. The van der Waals surface area contributed by atoms with Crippen LogP contribution in [0.3, 0.4) is 0 Å². The van der Waals surface area contributed by atoms with Crippen LogP contribution in [-0.4, -0.2) is 35.1 Å². The Morgan fingerprint density at radius 2 is 2.08 bits per heavy atom. The summed E-state index contributed by atoms with van der Waals surface area (Å²) in [6.07, 6.45) is 0. The number of benzene rings is 1. The second kappa shape index (κ2) is 6.96. The Morgan fingerprint density at radius 1 is 1.36 bits per heavy atom. The number of rotatable bonds is 3. The Morgan fingerprint density at radius 3 is 2.76 bits per heavy atom. The maximum Gasteiger partial charge on any atom is 0.323 e. The minimum Gasteiger partial charge on any atom is -0.359 e. The maximum absolute atomic E-state index is 12.9. The summed E-state index contributed by atoms with van der Waals surface area (Å²) in [4.78, 5) is 26.3. The largest absolute Gasteiger partial charge is 0.359 e. The minimum absolute atomic E-state index is 0.00668. The van der Waals surface area contributed by atoms with Crippen molar-refractivity contribution in [1.29, 1.82) is 0 Å². The summed E-state index contributed by atoms with van der Waals surface area (Å²) in [6, 6.07) is 9.11. The van der Waals surface area contributed by atoms with Crippen LogP contribution in [0, 0.1) is 6.92 Å². The molecule has 1 aliphatic heterocycles. The molecule has 25 heavy (non-hydrogen) atoms. The fourth-order valence-corrected chi connectivity index (χ4v) is 2.94. The summed E-state index contributed by atoms with van der Waals surface area (Å²) < 4.78 is 5.32. The monoisotopic (exact) mass is 342 g/mol. The molecule has 0 saturated carbocycles. The lowest BCUT2D eigenvalue weighted by Crippen LogP contribution is -2.53. The number of hydrogen-bond donors (Lipinski definition) is 2. The van der Waals surface area contributed by atoms with E-state index < -0.39 is 0 Å². The number of hydrogen-bond acceptors (Lipinski definition) is 4. The van der Waals surface area contributed by atoms with Gasteiger partial charge in [-0.25, -0.2) is 4.79 Å². The van der Waals surface area contributed by atoms with Crippen LogP contribution in [0.2, 0.25) is 0 Å². The van der Waals surface area contributed by atoms with Crippen LogP contribution in [-0.2, 0) is 4.79 Å². The molecule has 7 nitrogen and oxygen atoms in total. The van der Waals surface area contributed by atoms with Gasteiger partial charge in [0.25, 0.3) is 0 Å². The number of carbonyl (C=O) groups is 2. The third-order valence-corrected chi connectivity index (χ3v) is 4.27. The highest BCUT2D eigenvalue weighted by atomic mass is 16.5. The first-order valence-corrected chi connectivity index (χ1v) is 8.32. The van der Waals surface area contributed by atoms with Gasteiger partial charge in [0, 0.05) is 12.5 Å². The smallest absolute Gasteiger partial charge is 0.323 e. The molecule has 7 heteroatoms. The minimum atomic E-state index is -0.336. The lowest BCUT2D eigenvalue weighted by molar-refractivity contribution is -0.124. The van der Waals surface area contributed by atoms with Gasteiger partial charge >= 0.3 is 6.03 Å². The average Bonchev–Trinajstić information content (AvgIpc) is 2.96. The summed E-state index contributed by atoms with van der Waals surface area (Å²) >= 11 is 0. The molecule has 3 rings (SSSR count). The van der Waals surface area contributed by atoms with E-state index >= 15 is 0 Å². The van der Waals surface area contributed by atoms with E-state index in [0.29, 0.717) is 23.7 Å². The molecule has 2 aromatic rings. The fraction of sp³-hybridized carbons (Fsp3) is 0.389. The predicted octanol–water partition coefficient (Wildman–Crippen LogP) is 2.81. The van der Waals surface area contributed by atoms with Gasteiger partial charge in [-0.1, -0.05) is 49.3 Å². The van der Waals surface area contributed by atoms with Gasteiger partial charge in [-0.3, -0.25) is 4.79 Å². The van der Waals surface area contributed by atoms with Crippen LogP contribution in [0.15, 0.2) is 34.9 Å². The van der Waals surface area contributed by atoms with Crippen LogP contribution in [0.5, 0.6) is 0 Å². The molecule has 132 valence electrons. The topological polar surface area (TPSA) is 87.5 Å². The van der Waals surface area contributed by atoms with Crippen molar-refractivity contribution in [3.05, 3.63) is 47.3 Å². The van der Waals surface area contributed by atoms with Crippen molar-refractivity contribution in [2.75, 3.05) is 18.4 Å². The van der Waals surface area contributed by atoms with Crippen LogP contribution < -0.4 is 10.6 Å². The Bertz CT molecular complexity index is 770. The Balaban J connectivity index is 1.86. The first-order valence-electron chi connectivity index (χ1n) is 8.32. The van der Waals surface area contributed by atoms with Crippen LogP contribution in [0.25, 0.3) is 0 Å². The highest BCUT2D eigenvalue weighted by Crippen LogP contribution is 2.29. The summed E-state index contributed by atoms with van der Waals surface area (Å²) in [5.41, 5.74) is 2.18. The molecular weight excluding hydrogens is 320 g/mol. The second-order valence-corrected chi connectivity index (χ2v) is 6.45. The van der Waals surface area contributed by atoms with E-state index in [1.807, 2.05) is 44.2 Å². The van der Waals surface area contributed by atoms with E-state index in [0.717, 1.165) is 5.56 Å². The molecule has 3 amide bonds. The molecule has 1 saturated heterocycles. The second-order valence-electron chi connectivity index (χ2n) is 6.45. The van der Waals surface area contributed by atoms with E-state index in [4.69, 9.17) is 4.52 Å². The van der Waals surface area contributed by atoms with Crippen molar-refractivity contribution in [3.63, 3.8) is 0 Å². The molecule has 1 atom stereocenters. The number of amides is 3. The zero-order valence-corrected chi connectivity index (χ0v) is 14.6. The summed E-state index contributed by atoms with van der Waals surface area (Å²) in [5, 5.41) is 9.65. The molecule has 2 N–H and O–H groups in total. The summed E-state index contributed by atoms with van der Waals surface area (Å²) in [5.74, 6) is 0.545. The van der Waals surface area contributed by atoms with Gasteiger partial charge in [0.2, 0.25) is 5.91 Å². The third-order valence-electron chi connectivity index (χ3n) is 4.27. The Kier molecular flexibility index (Phi) is 4.74. The van der Waals surface area contributed by atoms with E-state index in [2.05, 4.69) is 15.8 Å². The average molecular weight is 342 g/mol. The molecule has 1 fully saturated rings. The van der Waals surface area contributed by atoms with E-state index in [1.165, 1.54) is 0 Å². The first kappa shape index (κ1) is 17.0. The number of aromatic nitrogens is 1. The van der Waals surface area contributed by atoms with E-state index in [9.17, 15) is 9.59 Å². The van der Waals surface area contributed by atoms with Crippen molar-refractivity contribution < 1.29 is 14.1 Å². The molecule has 0 spiro atoms. The standard InChI is InChI=1S/C18H22N4O3/c1-11(2)17-16(12(3)21-25-17)20-18(24)22-10-15(23)19-9-14(22)13-7-5-4-6-8-13/h4-8,11,14H,9-10H2,1-3H3,(H,19,23)(H,20,24). The van der Waals surface area contributed by atoms with Crippen molar-refractivity contribution in [1.82, 2.24) is 15.4 Å². The number of piperazine rings is 1. The van der Waals surface area contributed by atoms with Gasteiger partial charge in [0.05, 0.1) is 6.04 Å². The lowest BCUT2D eigenvalue weighted by atomic mass is 10.0. The van der Waals surface area contributed by atoms with Gasteiger partial charge in [-0.15, -0.1) is 0 Å². The number of urea groups is 1. The van der Waals surface area contributed by atoms with Crippen molar-refractivity contribution in [2.24, 2.45) is 0 Å². The zero-order valence-electron chi connectivity index (χ0n) is 14.6. The third kappa shape index (κ3) is 3.50. The summed E-state index contributed by atoms with van der Waals surface area (Å²) in [6.45, 7) is 6.11. The van der Waals surface area contributed by atoms with Crippen LogP contribution in [0.4, 0.5) is 10.5 Å². The highest BCUT2D eigenvalue weighted by Gasteiger charge is 2.32. The molecule has 1 aromatic heterocycles. The van der Waals surface area contributed by atoms with Crippen molar-refractivity contribution >= 4 is 17.6 Å². The number of aryl methyl sites for hydroxylation is 1. The first-order chi connectivity index (χ1) is 12.0. The van der Waals surface area contributed by atoms with Gasteiger partial charge < -0.3 is 20.1 Å². The number of anilines is 1. The molecular formula is C18H22N4O3. The van der Waals surface area contributed by atoms with Gasteiger partial charge in [0.1, 0.15) is 17.9 Å². The molecule has 0 radical (unpaired) electrons. The highest BCUT2D eigenvalue weighted by molar-refractivity contribution is 5.94. The molecule has 1 aromatic carbocycles. The van der Waals surface area contributed by atoms with Crippen LogP contribution in [0.1, 0.15) is 42.8 Å². The van der Waals surface area contributed by atoms with Crippen molar-refractivity contribution in [2.45, 2.75) is 32.7 Å². The number of carbonyl (C=O) groups excluding carboxylic acids is 2. The van der Waals surface area contributed by atoms with Gasteiger partial charge in [-0.2, -0.15) is 0 Å². The van der Waals surface area contributed by atoms with Gasteiger partial charge in [-0.05, 0) is 12.5 Å².